The molecule has 0 fully saturated rings. The first kappa shape index (κ1) is 23.9. The number of aliphatic imine (C=N–C) groups is 1. The molecule has 2 aromatic heterocycles. The average Bonchev–Trinajstić information content (AvgIpc) is 3.28. The van der Waals surface area contributed by atoms with Crippen molar-refractivity contribution in [3.8, 4) is 0 Å². The van der Waals surface area contributed by atoms with Gasteiger partial charge in [-0.15, -0.1) is 11.3 Å². The van der Waals surface area contributed by atoms with Gasteiger partial charge in [0.05, 0.1) is 22.4 Å². The van der Waals surface area contributed by atoms with E-state index in [1.54, 1.807) is 36.8 Å². The average molecular weight is 515 g/mol. The van der Waals surface area contributed by atoms with E-state index >= 15 is 0 Å². The van der Waals surface area contributed by atoms with Crippen molar-refractivity contribution in [3.63, 3.8) is 0 Å². The maximum absolute atomic E-state index is 13.3. The van der Waals surface area contributed by atoms with Crippen molar-refractivity contribution < 1.29 is 9.72 Å². The summed E-state index contributed by atoms with van der Waals surface area (Å²) in [5, 5.41) is 15.0. The van der Waals surface area contributed by atoms with Gasteiger partial charge in [-0.3, -0.25) is 19.9 Å². The van der Waals surface area contributed by atoms with Gasteiger partial charge >= 0.3 is 0 Å². The van der Waals surface area contributed by atoms with Crippen molar-refractivity contribution >= 4 is 51.6 Å². The molecule has 0 aliphatic heterocycles. The number of rotatable bonds is 7. The minimum atomic E-state index is -0.412. The molecular formula is C27H22N4O3S2. The number of carbonyl (C=O) groups is 1. The number of pyridine rings is 1. The zero-order valence-electron chi connectivity index (χ0n) is 19.2. The molecule has 180 valence electrons. The molecule has 0 atom stereocenters. The number of aromatic nitrogens is 1. The zero-order valence-corrected chi connectivity index (χ0v) is 20.8. The molecule has 0 saturated carbocycles. The predicted octanol–water partition coefficient (Wildman–Crippen LogP) is 7.08. The molecule has 1 N–H and O–H groups in total. The van der Waals surface area contributed by atoms with Gasteiger partial charge in [-0.25, -0.2) is 4.99 Å². The van der Waals surface area contributed by atoms with Crippen LogP contribution in [0.3, 0.4) is 0 Å². The van der Waals surface area contributed by atoms with Crippen molar-refractivity contribution in [2.75, 3.05) is 5.32 Å². The van der Waals surface area contributed by atoms with Gasteiger partial charge in [0.2, 0.25) is 0 Å². The molecule has 9 heteroatoms. The van der Waals surface area contributed by atoms with E-state index in [-0.39, 0.29) is 11.6 Å². The summed E-state index contributed by atoms with van der Waals surface area (Å²) in [6, 6.07) is 18.1. The lowest BCUT2D eigenvalue weighted by Crippen LogP contribution is -2.15. The highest BCUT2D eigenvalue weighted by Gasteiger charge is 2.25. The van der Waals surface area contributed by atoms with Crippen molar-refractivity contribution in [1.29, 1.82) is 0 Å². The van der Waals surface area contributed by atoms with Gasteiger partial charge < -0.3 is 5.32 Å². The number of hydrogen-bond donors (Lipinski definition) is 1. The highest BCUT2D eigenvalue weighted by Crippen LogP contribution is 2.40. The molecular weight excluding hydrogens is 492 g/mol. The summed E-state index contributed by atoms with van der Waals surface area (Å²) in [6.07, 6.45) is 8.78. The molecule has 0 unspecified atom stereocenters. The lowest BCUT2D eigenvalue weighted by molar-refractivity contribution is -0.384. The van der Waals surface area contributed by atoms with Crippen LogP contribution < -0.4 is 5.32 Å². The monoisotopic (exact) mass is 514 g/mol. The van der Waals surface area contributed by atoms with E-state index < -0.39 is 4.92 Å². The number of nitrogens with one attached hydrogen (secondary N) is 1. The number of aryl methyl sites for hydroxylation is 1. The quantitative estimate of drug-likeness (QED) is 0.161. The second-order valence-electron chi connectivity index (χ2n) is 8.24. The summed E-state index contributed by atoms with van der Waals surface area (Å²) in [4.78, 5) is 36.2. The Bertz CT molecular complexity index is 1440. The fraction of sp³-hybridized carbons (Fsp3) is 0.148. The molecule has 7 nitrogen and oxygen atoms in total. The molecule has 1 aliphatic carbocycles. The third-order valence-corrected chi connectivity index (χ3v) is 8.09. The summed E-state index contributed by atoms with van der Waals surface area (Å²) in [5.74, 6) is -0.215. The van der Waals surface area contributed by atoms with Crippen molar-refractivity contribution in [2.24, 2.45) is 4.99 Å². The Labute approximate surface area is 216 Å². The highest BCUT2D eigenvalue weighted by atomic mass is 32.2. The summed E-state index contributed by atoms with van der Waals surface area (Å²) >= 11 is 3.04. The maximum Gasteiger partial charge on any atom is 0.270 e. The van der Waals surface area contributed by atoms with Gasteiger partial charge in [0.15, 0.2) is 0 Å². The van der Waals surface area contributed by atoms with E-state index in [1.165, 1.54) is 40.1 Å². The Morgan fingerprint density at radius 2 is 1.94 bits per heavy atom. The van der Waals surface area contributed by atoms with Gasteiger partial charge in [0.25, 0.3) is 11.6 Å². The number of benzene rings is 2. The SMILES string of the molecule is O=C(Nc1cccnc1)c1c(N=Cc2cc([N+](=O)[O-])ccc2Sc2ccccc2)sc2c1CCCC2. The van der Waals surface area contributed by atoms with Crippen LogP contribution in [-0.4, -0.2) is 22.0 Å². The standard InChI is InChI=1S/C27H22N4O3S2/c32-26(30-19-7-6-14-28-17-19)25-22-10-4-5-11-24(22)36-27(25)29-16-18-15-20(31(33)34)12-13-23(18)35-21-8-2-1-3-9-21/h1-3,6-9,12-17H,4-5,10-11H2,(H,30,32). The van der Waals surface area contributed by atoms with E-state index in [9.17, 15) is 14.9 Å². The smallest absolute Gasteiger partial charge is 0.270 e. The van der Waals surface area contributed by atoms with E-state index in [1.807, 2.05) is 30.3 Å². The lowest BCUT2D eigenvalue weighted by atomic mass is 9.95. The van der Waals surface area contributed by atoms with Gasteiger partial charge in [0, 0.05) is 44.8 Å². The summed E-state index contributed by atoms with van der Waals surface area (Å²) < 4.78 is 0. The topological polar surface area (TPSA) is 97.5 Å². The highest BCUT2D eigenvalue weighted by molar-refractivity contribution is 7.99. The Morgan fingerprint density at radius 3 is 2.72 bits per heavy atom. The van der Waals surface area contributed by atoms with Crippen LogP contribution >= 0.6 is 23.1 Å². The number of anilines is 1. The largest absolute Gasteiger partial charge is 0.320 e. The Morgan fingerprint density at radius 1 is 1.11 bits per heavy atom. The maximum atomic E-state index is 13.3. The van der Waals surface area contributed by atoms with Crippen molar-refractivity contribution in [3.05, 3.63) is 105 Å². The van der Waals surface area contributed by atoms with Gasteiger partial charge in [-0.1, -0.05) is 30.0 Å². The van der Waals surface area contributed by atoms with Crippen LogP contribution in [0, 0.1) is 10.1 Å². The van der Waals surface area contributed by atoms with Crippen LogP contribution in [0.15, 0.2) is 87.8 Å². The predicted molar refractivity (Wildman–Crippen MR) is 144 cm³/mol. The normalized spacial score (nSPS) is 12.9. The third-order valence-electron chi connectivity index (χ3n) is 5.80. The number of carbonyl (C=O) groups excluding carboxylic acids is 1. The Balaban J connectivity index is 1.52. The van der Waals surface area contributed by atoms with E-state index in [0.29, 0.717) is 21.8 Å². The minimum absolute atomic E-state index is 0.00567. The van der Waals surface area contributed by atoms with Crippen LogP contribution in [0.4, 0.5) is 16.4 Å². The molecule has 5 rings (SSSR count). The molecule has 4 aromatic rings. The number of nitro benzene ring substituents is 1. The van der Waals surface area contributed by atoms with Crippen LogP contribution in [0.1, 0.15) is 39.2 Å². The number of hydrogen-bond acceptors (Lipinski definition) is 7. The van der Waals surface area contributed by atoms with E-state index in [4.69, 9.17) is 4.99 Å². The van der Waals surface area contributed by atoms with Crippen LogP contribution in [0.2, 0.25) is 0 Å². The summed E-state index contributed by atoms with van der Waals surface area (Å²) in [7, 11) is 0. The van der Waals surface area contributed by atoms with Crippen molar-refractivity contribution in [2.45, 2.75) is 35.5 Å². The second-order valence-corrected chi connectivity index (χ2v) is 10.4. The number of fused-ring (bicyclic) bond motifs is 1. The second kappa shape index (κ2) is 10.8. The first-order valence-electron chi connectivity index (χ1n) is 11.5. The summed E-state index contributed by atoms with van der Waals surface area (Å²) in [5.41, 5.74) is 2.88. The molecule has 2 heterocycles. The Hall–Kier alpha value is -3.82. The van der Waals surface area contributed by atoms with Gasteiger partial charge in [0.1, 0.15) is 5.00 Å². The first-order valence-corrected chi connectivity index (χ1v) is 13.1. The zero-order chi connectivity index (χ0) is 24.9. The Kier molecular flexibility index (Phi) is 7.20. The van der Waals surface area contributed by atoms with E-state index in [0.717, 1.165) is 41.0 Å². The first-order chi connectivity index (χ1) is 17.6. The lowest BCUT2D eigenvalue weighted by Gasteiger charge is -2.12. The molecule has 0 spiro atoms. The number of amides is 1. The van der Waals surface area contributed by atoms with Gasteiger partial charge in [-0.2, -0.15) is 0 Å². The van der Waals surface area contributed by atoms with Crippen LogP contribution in [0.5, 0.6) is 0 Å². The molecule has 0 bridgehead atoms. The third kappa shape index (κ3) is 5.37. The molecule has 36 heavy (non-hydrogen) atoms. The number of nitrogens with zero attached hydrogens (tertiary/aromatic N) is 3. The number of non-ortho nitro benzene ring substituents is 1. The number of thiophene rings is 1. The fourth-order valence-electron chi connectivity index (χ4n) is 4.09. The number of nitro groups is 1. The molecule has 2 aromatic carbocycles. The molecule has 0 radical (unpaired) electrons. The van der Waals surface area contributed by atoms with Gasteiger partial charge in [-0.05, 0) is 61.6 Å². The fourth-order valence-corrected chi connectivity index (χ4v) is 6.24. The summed E-state index contributed by atoms with van der Waals surface area (Å²) in [6.45, 7) is 0. The molecule has 1 aliphatic rings. The molecule has 1 amide bonds. The van der Waals surface area contributed by atoms with Crippen LogP contribution in [0.25, 0.3) is 0 Å². The van der Waals surface area contributed by atoms with Crippen molar-refractivity contribution in [1.82, 2.24) is 4.98 Å². The van der Waals surface area contributed by atoms with E-state index in [2.05, 4.69) is 10.3 Å². The van der Waals surface area contributed by atoms with Crippen LogP contribution in [-0.2, 0) is 12.8 Å². The molecule has 0 saturated heterocycles. The minimum Gasteiger partial charge on any atom is -0.320 e.